The third-order valence-corrected chi connectivity index (χ3v) is 6.70. The van der Waals surface area contributed by atoms with Gasteiger partial charge in [-0.05, 0) is 50.7 Å². The summed E-state index contributed by atoms with van der Waals surface area (Å²) in [5.74, 6) is 1.75. The first-order valence-electron chi connectivity index (χ1n) is 12.0. The van der Waals surface area contributed by atoms with Crippen LogP contribution in [0.5, 0.6) is 0 Å². The van der Waals surface area contributed by atoms with Gasteiger partial charge in [0.05, 0.1) is 23.0 Å². The maximum atomic E-state index is 8.87. The van der Waals surface area contributed by atoms with E-state index in [1.54, 1.807) is 0 Å². The third-order valence-electron chi connectivity index (χ3n) is 6.70. The SMILES string of the molecule is C=C1C2=C(C=CCC2)N=C(C(C)Nc2ncnc(N)c2C(=N)c2ccc(CC)cc2)N1C1CC1. The summed E-state index contributed by atoms with van der Waals surface area (Å²) in [6, 6.07) is 8.27. The fourth-order valence-electron chi connectivity index (χ4n) is 4.63. The van der Waals surface area contributed by atoms with Crippen LogP contribution in [0.25, 0.3) is 0 Å². The van der Waals surface area contributed by atoms with Crippen molar-refractivity contribution in [3.63, 3.8) is 0 Å². The van der Waals surface area contributed by atoms with Crippen molar-refractivity contribution in [2.45, 2.75) is 58.0 Å². The molecule has 0 spiro atoms. The highest BCUT2D eigenvalue weighted by Gasteiger charge is 2.39. The maximum absolute atomic E-state index is 8.87. The molecule has 0 bridgehead atoms. The number of benzene rings is 1. The molecule has 1 aromatic heterocycles. The molecule has 1 unspecified atom stereocenters. The van der Waals surface area contributed by atoms with Gasteiger partial charge < -0.3 is 16.0 Å². The lowest BCUT2D eigenvalue weighted by Crippen LogP contribution is -2.44. The summed E-state index contributed by atoms with van der Waals surface area (Å²) in [7, 11) is 0. The molecular weight excluding hydrogens is 422 g/mol. The average molecular weight is 454 g/mol. The zero-order valence-electron chi connectivity index (χ0n) is 19.8. The van der Waals surface area contributed by atoms with E-state index in [1.165, 1.54) is 17.5 Å². The predicted octanol–water partition coefficient (Wildman–Crippen LogP) is 4.83. The van der Waals surface area contributed by atoms with Crippen LogP contribution < -0.4 is 11.1 Å². The standard InChI is InChI=1S/C27H31N7/c1-4-18-9-11-19(12-10-18)24(28)23-25(29)30-15-31-26(23)32-16(2)27-33-22-8-6-5-7-21(22)17(3)34(27)20-13-14-20/h6,8-12,15-16,20,28H,3-5,7,13-14H2,1-2H3,(H3,29,30,31,32). The van der Waals surface area contributed by atoms with E-state index in [0.717, 1.165) is 54.9 Å². The summed E-state index contributed by atoms with van der Waals surface area (Å²) >= 11 is 0. The van der Waals surface area contributed by atoms with Gasteiger partial charge in [0.15, 0.2) is 0 Å². The van der Waals surface area contributed by atoms with Gasteiger partial charge in [0.2, 0.25) is 0 Å². The van der Waals surface area contributed by atoms with Crippen molar-refractivity contribution >= 4 is 23.2 Å². The topological polar surface area (TPSA) is 103 Å². The Morgan fingerprint density at radius 3 is 2.74 bits per heavy atom. The van der Waals surface area contributed by atoms with Gasteiger partial charge >= 0.3 is 0 Å². The molecule has 2 aliphatic carbocycles. The van der Waals surface area contributed by atoms with Crippen LogP contribution >= 0.6 is 0 Å². The molecule has 0 radical (unpaired) electrons. The van der Waals surface area contributed by atoms with Crippen molar-refractivity contribution in [2.75, 3.05) is 11.1 Å². The highest BCUT2D eigenvalue weighted by Crippen LogP contribution is 2.39. The van der Waals surface area contributed by atoms with Crippen LogP contribution in [0.1, 0.15) is 56.2 Å². The lowest BCUT2D eigenvalue weighted by molar-refractivity contribution is 0.483. The number of allylic oxidation sites excluding steroid dienone is 3. The van der Waals surface area contributed by atoms with Crippen LogP contribution in [0.15, 0.2) is 71.3 Å². The number of hydrogen-bond donors (Lipinski definition) is 3. The van der Waals surface area contributed by atoms with Gasteiger partial charge in [-0.3, -0.25) is 5.41 Å². The number of aromatic nitrogens is 2. The quantitative estimate of drug-likeness (QED) is 0.521. The monoisotopic (exact) mass is 453 g/mol. The van der Waals surface area contributed by atoms with Gasteiger partial charge in [0.25, 0.3) is 0 Å². The summed E-state index contributed by atoms with van der Waals surface area (Å²) in [5, 5.41) is 12.4. The first-order valence-corrected chi connectivity index (χ1v) is 12.0. The Hall–Kier alpha value is -3.74. The molecule has 34 heavy (non-hydrogen) atoms. The molecule has 174 valence electrons. The molecule has 5 rings (SSSR count). The largest absolute Gasteiger partial charge is 0.383 e. The maximum Gasteiger partial charge on any atom is 0.141 e. The number of nitrogen functional groups attached to an aromatic ring is 1. The molecule has 1 aromatic carbocycles. The zero-order chi connectivity index (χ0) is 23.8. The Balaban J connectivity index is 1.47. The Kier molecular flexibility index (Phi) is 5.77. The summed E-state index contributed by atoms with van der Waals surface area (Å²) < 4.78 is 0. The van der Waals surface area contributed by atoms with Gasteiger partial charge in [-0.1, -0.05) is 43.8 Å². The number of nitrogens with one attached hydrogen (secondary N) is 2. The van der Waals surface area contributed by atoms with E-state index < -0.39 is 0 Å². The van der Waals surface area contributed by atoms with Crippen molar-refractivity contribution in [1.29, 1.82) is 5.41 Å². The lowest BCUT2D eigenvalue weighted by atomic mass is 9.96. The number of aliphatic imine (C=N–C) groups is 1. The van der Waals surface area contributed by atoms with E-state index in [2.05, 4.69) is 52.8 Å². The molecule has 3 aliphatic rings. The minimum atomic E-state index is -0.162. The molecule has 2 heterocycles. The molecular formula is C27H31N7. The number of rotatable bonds is 7. The number of aryl methyl sites for hydroxylation is 1. The molecule has 1 aliphatic heterocycles. The molecule has 7 nitrogen and oxygen atoms in total. The van der Waals surface area contributed by atoms with E-state index in [-0.39, 0.29) is 11.9 Å². The van der Waals surface area contributed by atoms with E-state index in [0.29, 0.717) is 23.1 Å². The van der Waals surface area contributed by atoms with Crippen LogP contribution in [0.4, 0.5) is 11.6 Å². The van der Waals surface area contributed by atoms with Crippen molar-refractivity contribution < 1.29 is 0 Å². The lowest BCUT2D eigenvalue weighted by Gasteiger charge is -2.37. The highest BCUT2D eigenvalue weighted by atomic mass is 15.3. The Morgan fingerprint density at radius 2 is 2.03 bits per heavy atom. The van der Waals surface area contributed by atoms with Crippen LogP contribution in [0.2, 0.25) is 0 Å². The summed E-state index contributed by atoms with van der Waals surface area (Å²) in [5.41, 5.74) is 12.4. The fourth-order valence-corrected chi connectivity index (χ4v) is 4.63. The second kappa shape index (κ2) is 8.89. The van der Waals surface area contributed by atoms with Gasteiger partial charge in [-0.2, -0.15) is 0 Å². The highest BCUT2D eigenvalue weighted by molar-refractivity contribution is 6.16. The average Bonchev–Trinajstić information content (AvgIpc) is 3.69. The van der Waals surface area contributed by atoms with Gasteiger partial charge in [0, 0.05) is 22.9 Å². The van der Waals surface area contributed by atoms with Crippen LogP contribution in [0.3, 0.4) is 0 Å². The number of anilines is 2. The number of nitrogens with zero attached hydrogens (tertiary/aromatic N) is 4. The molecule has 0 saturated heterocycles. The van der Waals surface area contributed by atoms with Crippen molar-refractivity contribution in [3.8, 4) is 0 Å². The van der Waals surface area contributed by atoms with E-state index >= 15 is 0 Å². The first kappa shape index (κ1) is 22.1. The van der Waals surface area contributed by atoms with E-state index in [9.17, 15) is 0 Å². The molecule has 2 aromatic rings. The normalized spacial score (nSPS) is 18.5. The molecule has 1 saturated carbocycles. The molecule has 4 N–H and O–H groups in total. The molecule has 1 fully saturated rings. The molecule has 0 amide bonds. The zero-order valence-corrected chi connectivity index (χ0v) is 19.8. The van der Waals surface area contributed by atoms with Crippen molar-refractivity contribution in [1.82, 2.24) is 14.9 Å². The minimum Gasteiger partial charge on any atom is -0.383 e. The van der Waals surface area contributed by atoms with E-state index in [4.69, 9.17) is 16.1 Å². The van der Waals surface area contributed by atoms with Crippen LogP contribution in [-0.4, -0.2) is 38.5 Å². The second-order valence-electron chi connectivity index (χ2n) is 9.10. The Labute approximate surface area is 200 Å². The first-order chi connectivity index (χ1) is 16.5. The van der Waals surface area contributed by atoms with Crippen LogP contribution in [-0.2, 0) is 6.42 Å². The van der Waals surface area contributed by atoms with Crippen molar-refractivity contribution in [2.24, 2.45) is 4.99 Å². The van der Waals surface area contributed by atoms with Crippen LogP contribution in [0, 0.1) is 5.41 Å². The minimum absolute atomic E-state index is 0.162. The number of amidine groups is 1. The number of nitrogens with two attached hydrogens (primary N) is 1. The summed E-state index contributed by atoms with van der Waals surface area (Å²) in [6.07, 6.45) is 11.0. The third kappa shape index (κ3) is 4.02. The number of hydrogen-bond acceptors (Lipinski definition) is 7. The summed E-state index contributed by atoms with van der Waals surface area (Å²) in [4.78, 5) is 16.0. The van der Waals surface area contributed by atoms with Gasteiger partial charge in [-0.25, -0.2) is 15.0 Å². The van der Waals surface area contributed by atoms with Crippen molar-refractivity contribution in [3.05, 3.63) is 83.0 Å². The molecule has 1 atom stereocenters. The Morgan fingerprint density at radius 1 is 1.26 bits per heavy atom. The second-order valence-corrected chi connectivity index (χ2v) is 9.10. The van der Waals surface area contributed by atoms with Gasteiger partial charge in [-0.15, -0.1) is 0 Å². The molecule has 7 heteroatoms. The summed E-state index contributed by atoms with van der Waals surface area (Å²) in [6.45, 7) is 8.62. The smallest absolute Gasteiger partial charge is 0.141 e. The van der Waals surface area contributed by atoms with E-state index in [1.807, 2.05) is 24.3 Å². The predicted molar refractivity (Wildman–Crippen MR) is 138 cm³/mol. The van der Waals surface area contributed by atoms with Gasteiger partial charge in [0.1, 0.15) is 23.8 Å². The Bertz CT molecular complexity index is 1230. The fraction of sp³-hybridized carbons (Fsp3) is 0.333.